The second kappa shape index (κ2) is 5.23. The smallest absolute Gasteiger partial charge is 0.0645 e. The Morgan fingerprint density at radius 2 is 2.12 bits per heavy atom. The third-order valence-corrected chi connectivity index (χ3v) is 2.73. The summed E-state index contributed by atoms with van der Waals surface area (Å²) in [4.78, 5) is 0. The maximum Gasteiger partial charge on any atom is 0.0645 e. The molecule has 0 radical (unpaired) electrons. The lowest BCUT2D eigenvalue weighted by Gasteiger charge is -2.08. The number of hydrogen-bond donors (Lipinski definition) is 1. The number of rotatable bonds is 5. The first kappa shape index (κ1) is 12.0. The van der Waals surface area contributed by atoms with Crippen LogP contribution >= 0.6 is 0 Å². The van der Waals surface area contributed by atoms with Crippen molar-refractivity contribution in [2.45, 2.75) is 20.4 Å². The number of nitrogens with two attached hydrogens (primary N) is 1. The van der Waals surface area contributed by atoms with Crippen molar-refractivity contribution in [1.82, 2.24) is 4.57 Å². The Hall–Kier alpha value is -1.48. The standard InChI is InChI=1S/C14H20N2O/c1-11(2)10-17-8-7-16-6-5-12-3-4-13(15)9-14(12)16/h3-6,9,11H,7-8,10,15H2,1-2H3. The van der Waals surface area contributed by atoms with Crippen LogP contribution in [0.5, 0.6) is 0 Å². The maximum absolute atomic E-state index is 5.80. The van der Waals surface area contributed by atoms with Crippen LogP contribution in [-0.2, 0) is 11.3 Å². The Kier molecular flexibility index (Phi) is 3.69. The molecule has 0 amide bonds. The molecule has 0 fully saturated rings. The molecule has 17 heavy (non-hydrogen) atoms. The average molecular weight is 232 g/mol. The highest BCUT2D eigenvalue weighted by Crippen LogP contribution is 2.18. The summed E-state index contributed by atoms with van der Waals surface area (Å²) < 4.78 is 7.78. The Morgan fingerprint density at radius 3 is 2.88 bits per heavy atom. The summed E-state index contributed by atoms with van der Waals surface area (Å²) in [5.41, 5.74) is 7.79. The highest BCUT2D eigenvalue weighted by Gasteiger charge is 2.01. The van der Waals surface area contributed by atoms with Gasteiger partial charge in [0.25, 0.3) is 0 Å². The summed E-state index contributed by atoms with van der Waals surface area (Å²) in [7, 11) is 0. The first-order chi connectivity index (χ1) is 8.16. The molecule has 0 saturated carbocycles. The van der Waals surface area contributed by atoms with E-state index in [0.29, 0.717) is 5.92 Å². The monoisotopic (exact) mass is 232 g/mol. The van der Waals surface area contributed by atoms with Crippen molar-refractivity contribution in [3.8, 4) is 0 Å². The number of anilines is 1. The maximum atomic E-state index is 5.80. The van der Waals surface area contributed by atoms with E-state index in [1.54, 1.807) is 0 Å². The molecule has 2 N–H and O–H groups in total. The van der Waals surface area contributed by atoms with E-state index >= 15 is 0 Å². The molecule has 0 aliphatic rings. The number of ether oxygens (including phenoxy) is 1. The number of benzene rings is 1. The van der Waals surface area contributed by atoms with Gasteiger partial charge in [-0.2, -0.15) is 0 Å². The number of hydrogen-bond acceptors (Lipinski definition) is 2. The van der Waals surface area contributed by atoms with Crippen molar-refractivity contribution >= 4 is 16.6 Å². The van der Waals surface area contributed by atoms with Crippen molar-refractivity contribution in [2.24, 2.45) is 5.92 Å². The quantitative estimate of drug-likeness (QED) is 0.636. The third kappa shape index (κ3) is 3.01. The van der Waals surface area contributed by atoms with E-state index in [9.17, 15) is 0 Å². The number of aromatic nitrogens is 1. The van der Waals surface area contributed by atoms with E-state index in [-0.39, 0.29) is 0 Å². The molecule has 0 saturated heterocycles. The zero-order valence-corrected chi connectivity index (χ0v) is 10.5. The number of nitrogen functional groups attached to an aromatic ring is 1. The molecule has 0 atom stereocenters. The van der Waals surface area contributed by atoms with Crippen LogP contribution in [0, 0.1) is 5.92 Å². The molecule has 1 heterocycles. The second-order valence-corrected chi connectivity index (χ2v) is 4.80. The van der Waals surface area contributed by atoms with E-state index < -0.39 is 0 Å². The molecule has 3 nitrogen and oxygen atoms in total. The zero-order valence-electron chi connectivity index (χ0n) is 10.5. The lowest BCUT2D eigenvalue weighted by molar-refractivity contribution is 0.104. The summed E-state index contributed by atoms with van der Waals surface area (Å²) in [6, 6.07) is 8.10. The Labute approximate surface area is 102 Å². The topological polar surface area (TPSA) is 40.2 Å². The fraction of sp³-hybridized carbons (Fsp3) is 0.429. The molecule has 0 aliphatic carbocycles. The fourth-order valence-corrected chi connectivity index (χ4v) is 1.88. The third-order valence-electron chi connectivity index (χ3n) is 2.73. The Morgan fingerprint density at radius 1 is 1.29 bits per heavy atom. The number of nitrogens with zero attached hydrogens (tertiary/aromatic N) is 1. The van der Waals surface area contributed by atoms with Gasteiger partial charge in [-0.1, -0.05) is 19.9 Å². The van der Waals surface area contributed by atoms with E-state index in [1.165, 1.54) is 10.9 Å². The summed E-state index contributed by atoms with van der Waals surface area (Å²) in [5, 5.41) is 1.23. The zero-order chi connectivity index (χ0) is 12.3. The van der Waals surface area contributed by atoms with Crippen molar-refractivity contribution in [3.05, 3.63) is 30.5 Å². The molecule has 92 valence electrons. The Balaban J connectivity index is 2.01. The lowest BCUT2D eigenvalue weighted by atomic mass is 10.2. The average Bonchev–Trinajstić information content (AvgIpc) is 2.67. The molecule has 0 unspecified atom stereocenters. The predicted molar refractivity (Wildman–Crippen MR) is 72.0 cm³/mol. The van der Waals surface area contributed by atoms with Crippen LogP contribution in [0.4, 0.5) is 5.69 Å². The van der Waals surface area contributed by atoms with Gasteiger partial charge >= 0.3 is 0 Å². The minimum absolute atomic E-state index is 0.590. The molecule has 0 bridgehead atoms. The van der Waals surface area contributed by atoms with Gasteiger partial charge in [0.15, 0.2) is 0 Å². The van der Waals surface area contributed by atoms with Gasteiger partial charge in [-0.05, 0) is 29.5 Å². The van der Waals surface area contributed by atoms with Gasteiger partial charge in [0.05, 0.1) is 12.1 Å². The van der Waals surface area contributed by atoms with E-state index in [2.05, 4.69) is 36.7 Å². The van der Waals surface area contributed by atoms with Crippen LogP contribution in [0.3, 0.4) is 0 Å². The Bertz CT molecular complexity index is 488. The van der Waals surface area contributed by atoms with Crippen molar-refractivity contribution in [1.29, 1.82) is 0 Å². The van der Waals surface area contributed by atoms with Crippen molar-refractivity contribution in [3.63, 3.8) is 0 Å². The van der Waals surface area contributed by atoms with Gasteiger partial charge in [0, 0.05) is 25.0 Å². The van der Waals surface area contributed by atoms with Gasteiger partial charge in [0.1, 0.15) is 0 Å². The van der Waals surface area contributed by atoms with Crippen LogP contribution in [-0.4, -0.2) is 17.8 Å². The van der Waals surface area contributed by atoms with Crippen LogP contribution in [0.1, 0.15) is 13.8 Å². The highest BCUT2D eigenvalue weighted by molar-refractivity contribution is 5.83. The number of fused-ring (bicyclic) bond motifs is 1. The van der Waals surface area contributed by atoms with Crippen LogP contribution in [0.15, 0.2) is 30.5 Å². The molecule has 3 heteroatoms. The molecule has 0 aliphatic heterocycles. The minimum atomic E-state index is 0.590. The van der Waals surface area contributed by atoms with Gasteiger partial charge in [-0.3, -0.25) is 0 Å². The molecule has 0 spiro atoms. The van der Waals surface area contributed by atoms with Gasteiger partial charge in [-0.15, -0.1) is 0 Å². The first-order valence-electron chi connectivity index (χ1n) is 6.09. The van der Waals surface area contributed by atoms with Gasteiger partial charge in [-0.25, -0.2) is 0 Å². The molecule has 2 rings (SSSR count). The minimum Gasteiger partial charge on any atom is -0.399 e. The van der Waals surface area contributed by atoms with Crippen molar-refractivity contribution in [2.75, 3.05) is 18.9 Å². The summed E-state index contributed by atoms with van der Waals surface area (Å²) in [6.07, 6.45) is 2.09. The van der Waals surface area contributed by atoms with E-state index in [4.69, 9.17) is 10.5 Å². The van der Waals surface area contributed by atoms with Crippen LogP contribution in [0.2, 0.25) is 0 Å². The van der Waals surface area contributed by atoms with Gasteiger partial charge in [0.2, 0.25) is 0 Å². The fourth-order valence-electron chi connectivity index (χ4n) is 1.88. The summed E-state index contributed by atoms with van der Waals surface area (Å²) in [6.45, 7) is 6.76. The molecular formula is C14H20N2O. The molecular weight excluding hydrogens is 212 g/mol. The van der Waals surface area contributed by atoms with E-state index in [0.717, 1.165) is 25.4 Å². The SMILES string of the molecule is CC(C)COCCn1ccc2ccc(N)cc21. The van der Waals surface area contributed by atoms with Crippen LogP contribution in [0.25, 0.3) is 10.9 Å². The summed E-state index contributed by atoms with van der Waals surface area (Å²) >= 11 is 0. The molecule has 1 aromatic heterocycles. The first-order valence-corrected chi connectivity index (χ1v) is 6.09. The largest absolute Gasteiger partial charge is 0.399 e. The second-order valence-electron chi connectivity index (χ2n) is 4.80. The molecule has 1 aromatic carbocycles. The lowest BCUT2D eigenvalue weighted by Crippen LogP contribution is -2.08. The van der Waals surface area contributed by atoms with Gasteiger partial charge < -0.3 is 15.0 Å². The van der Waals surface area contributed by atoms with Crippen molar-refractivity contribution < 1.29 is 4.74 Å². The highest BCUT2D eigenvalue weighted by atomic mass is 16.5. The summed E-state index contributed by atoms with van der Waals surface area (Å²) in [5.74, 6) is 0.590. The molecule has 2 aromatic rings. The normalized spacial score (nSPS) is 11.5. The van der Waals surface area contributed by atoms with Crippen LogP contribution < -0.4 is 5.73 Å². The predicted octanol–water partition coefficient (Wildman–Crippen LogP) is 2.90. The van der Waals surface area contributed by atoms with E-state index in [1.807, 2.05) is 12.1 Å².